The van der Waals surface area contributed by atoms with E-state index in [4.69, 9.17) is 5.73 Å². The van der Waals surface area contributed by atoms with Crippen molar-refractivity contribution in [3.63, 3.8) is 0 Å². The third-order valence-electron chi connectivity index (χ3n) is 0.754. The Bertz CT molecular complexity index is 246. The molecule has 0 amide bonds. The van der Waals surface area contributed by atoms with Crippen LogP contribution in [0.3, 0.4) is 0 Å². The number of nitrogens with two attached hydrogens (primary N) is 1. The number of hydrogen-bond acceptors (Lipinski definition) is 6. The zero-order chi connectivity index (χ0) is 7.72. The minimum atomic E-state index is -0.898. The smallest absolute Gasteiger partial charge is 0.492 e. The highest BCUT2D eigenvalue weighted by Crippen LogP contribution is 2.04. The Labute approximate surface area is 54.0 Å². The van der Waals surface area contributed by atoms with Crippen molar-refractivity contribution in [2.75, 3.05) is 5.73 Å². The number of nitro groups is 1. The first-order valence-electron chi connectivity index (χ1n) is 2.15. The van der Waals surface area contributed by atoms with Crippen LogP contribution in [0.15, 0.2) is 0 Å². The highest BCUT2D eigenvalue weighted by atomic mass is 16.6. The second-order valence-electron chi connectivity index (χ2n) is 1.40. The molecule has 10 heavy (non-hydrogen) atoms. The first kappa shape index (κ1) is 6.26. The van der Waals surface area contributed by atoms with E-state index < -0.39 is 16.8 Å². The SMILES string of the molecule is Nc1nc([N+](=O)[O-])nn1[O-]. The Morgan fingerprint density at radius 3 is 2.50 bits per heavy atom. The van der Waals surface area contributed by atoms with Gasteiger partial charge in [0.2, 0.25) is 0 Å². The van der Waals surface area contributed by atoms with E-state index in [-0.39, 0.29) is 4.85 Å². The molecule has 0 saturated carbocycles. The van der Waals surface area contributed by atoms with Crippen molar-refractivity contribution in [2.45, 2.75) is 0 Å². The van der Waals surface area contributed by atoms with Crippen molar-refractivity contribution in [1.82, 2.24) is 14.9 Å². The molecule has 0 unspecified atom stereocenters. The Morgan fingerprint density at radius 2 is 2.30 bits per heavy atom. The zero-order valence-corrected chi connectivity index (χ0v) is 4.59. The maximum absolute atomic E-state index is 10.3. The van der Waals surface area contributed by atoms with Crippen molar-refractivity contribution in [2.24, 2.45) is 0 Å². The monoisotopic (exact) mass is 144 g/mol. The highest BCUT2D eigenvalue weighted by molar-refractivity contribution is 5.22. The van der Waals surface area contributed by atoms with Gasteiger partial charge in [0.25, 0.3) is 0 Å². The Morgan fingerprint density at radius 1 is 1.70 bits per heavy atom. The van der Waals surface area contributed by atoms with Gasteiger partial charge in [-0.25, -0.2) is 0 Å². The van der Waals surface area contributed by atoms with Crippen LogP contribution in [-0.4, -0.2) is 19.9 Å². The molecule has 0 saturated heterocycles. The largest absolute Gasteiger partial charge is 0.775 e. The fourth-order valence-electron chi connectivity index (χ4n) is 0.377. The molecule has 0 aliphatic rings. The van der Waals surface area contributed by atoms with Gasteiger partial charge in [0.15, 0.2) is 0 Å². The molecule has 1 heterocycles. The molecule has 8 heteroatoms. The molecule has 0 spiro atoms. The van der Waals surface area contributed by atoms with Crippen LogP contribution >= 0.6 is 0 Å². The molecule has 8 nitrogen and oxygen atoms in total. The van der Waals surface area contributed by atoms with Crippen molar-refractivity contribution >= 4 is 11.9 Å². The number of nitrogen functional groups attached to an aromatic ring is 1. The van der Waals surface area contributed by atoms with Crippen molar-refractivity contribution < 1.29 is 4.92 Å². The summed E-state index contributed by atoms with van der Waals surface area (Å²) in [7, 11) is 0. The lowest BCUT2D eigenvalue weighted by Crippen LogP contribution is -1.96. The summed E-state index contributed by atoms with van der Waals surface area (Å²) in [6.07, 6.45) is 0. The van der Waals surface area contributed by atoms with Gasteiger partial charge in [0, 0.05) is 5.10 Å². The van der Waals surface area contributed by atoms with Gasteiger partial charge in [-0.2, -0.15) is 4.85 Å². The molecular weight excluding hydrogens is 142 g/mol. The van der Waals surface area contributed by atoms with Gasteiger partial charge in [-0.05, 0) is 9.91 Å². The lowest BCUT2D eigenvalue weighted by molar-refractivity contribution is -0.394. The molecule has 0 aromatic carbocycles. The molecule has 0 atom stereocenters. The molecular formula is C2H2N5O3-. The summed E-state index contributed by atoms with van der Waals surface area (Å²) in [5.74, 6) is -1.31. The van der Waals surface area contributed by atoms with E-state index >= 15 is 0 Å². The minimum Gasteiger partial charge on any atom is -0.775 e. The predicted octanol–water partition coefficient (Wildman–Crippen LogP) is -0.886. The van der Waals surface area contributed by atoms with E-state index in [0.29, 0.717) is 0 Å². The van der Waals surface area contributed by atoms with Crippen molar-refractivity contribution in [3.8, 4) is 0 Å². The van der Waals surface area contributed by atoms with Gasteiger partial charge in [-0.15, -0.1) is 0 Å². The Kier molecular flexibility index (Phi) is 1.14. The minimum absolute atomic E-state index is 0.113. The van der Waals surface area contributed by atoms with Crippen LogP contribution in [0, 0.1) is 15.3 Å². The number of aromatic nitrogens is 3. The number of nitrogens with zero attached hydrogens (tertiary/aromatic N) is 4. The molecule has 0 radical (unpaired) electrons. The third-order valence-corrected chi connectivity index (χ3v) is 0.754. The Hall–Kier alpha value is -1.86. The van der Waals surface area contributed by atoms with Crippen LogP contribution in [-0.2, 0) is 0 Å². The molecule has 1 rings (SSSR count). The maximum atomic E-state index is 10.3. The van der Waals surface area contributed by atoms with Crippen molar-refractivity contribution in [1.29, 1.82) is 0 Å². The number of hydrogen-bond donors (Lipinski definition) is 1. The van der Waals surface area contributed by atoms with Crippen LogP contribution in [0.5, 0.6) is 0 Å². The molecule has 0 aliphatic heterocycles. The van der Waals surface area contributed by atoms with Crippen LogP contribution in [0.25, 0.3) is 0 Å². The van der Waals surface area contributed by atoms with E-state index in [0.717, 1.165) is 0 Å². The lowest BCUT2D eigenvalue weighted by Gasteiger charge is -1.93. The van der Waals surface area contributed by atoms with Crippen LogP contribution < -0.4 is 5.73 Å². The molecule has 0 bridgehead atoms. The van der Waals surface area contributed by atoms with Crippen LogP contribution in [0.2, 0.25) is 0 Å². The molecule has 1 aromatic heterocycles. The summed E-state index contributed by atoms with van der Waals surface area (Å²) < 4.78 is 0. The van der Waals surface area contributed by atoms with E-state index in [1.807, 2.05) is 0 Å². The number of anilines is 1. The normalized spacial score (nSPS) is 9.60. The van der Waals surface area contributed by atoms with E-state index in [1.54, 1.807) is 0 Å². The summed E-state index contributed by atoms with van der Waals surface area (Å²) in [4.78, 5) is 11.9. The molecule has 2 N–H and O–H groups in total. The van der Waals surface area contributed by atoms with E-state index in [2.05, 4.69) is 10.1 Å². The van der Waals surface area contributed by atoms with Gasteiger partial charge in [0.05, 0.1) is 0 Å². The topological polar surface area (TPSA) is 123 Å². The standard InChI is InChI=1S/C2H2N5O3/c3-1-4-2(7(9)10)5-6(1)8/h(H2,3,4,5)/q-1. The van der Waals surface area contributed by atoms with Crippen LogP contribution in [0.1, 0.15) is 0 Å². The van der Waals surface area contributed by atoms with Crippen molar-refractivity contribution in [3.05, 3.63) is 15.3 Å². The quantitative estimate of drug-likeness (QED) is 0.403. The van der Waals surface area contributed by atoms with Gasteiger partial charge in [-0.1, -0.05) is 0 Å². The molecule has 1 aromatic rings. The first-order valence-corrected chi connectivity index (χ1v) is 2.15. The van der Waals surface area contributed by atoms with E-state index in [1.165, 1.54) is 0 Å². The second kappa shape index (κ2) is 1.83. The second-order valence-corrected chi connectivity index (χ2v) is 1.40. The van der Waals surface area contributed by atoms with Gasteiger partial charge in [-0.3, -0.25) is 0 Å². The summed E-state index contributed by atoms with van der Waals surface area (Å²) >= 11 is 0. The number of rotatable bonds is 1. The first-order chi connectivity index (χ1) is 4.61. The average Bonchev–Trinajstić information content (AvgIpc) is 2.13. The van der Waals surface area contributed by atoms with Gasteiger partial charge in [0.1, 0.15) is 0 Å². The third kappa shape index (κ3) is 0.811. The average molecular weight is 144 g/mol. The molecule has 0 fully saturated rings. The Balaban J connectivity index is 3.10. The fourth-order valence-corrected chi connectivity index (χ4v) is 0.377. The lowest BCUT2D eigenvalue weighted by atomic mass is 11.0. The summed E-state index contributed by atoms with van der Waals surface area (Å²) in [5, 5.41) is 22.9. The van der Waals surface area contributed by atoms with Gasteiger partial charge >= 0.3 is 11.9 Å². The summed E-state index contributed by atoms with van der Waals surface area (Å²) in [5.41, 5.74) is 4.85. The fraction of sp³-hybridized carbons (Fsp3) is 0. The van der Waals surface area contributed by atoms with Gasteiger partial charge < -0.3 is 21.1 Å². The van der Waals surface area contributed by atoms with Crippen LogP contribution in [0.4, 0.5) is 11.9 Å². The van der Waals surface area contributed by atoms with E-state index in [9.17, 15) is 15.3 Å². The predicted molar refractivity (Wildman–Crippen MR) is 29.9 cm³/mol. The molecule has 0 aliphatic carbocycles. The summed E-state index contributed by atoms with van der Waals surface area (Å²) in [6, 6.07) is 0. The summed E-state index contributed by atoms with van der Waals surface area (Å²) in [6.45, 7) is 0. The maximum Gasteiger partial charge on any atom is 0.492 e. The molecule has 54 valence electrons. The highest BCUT2D eigenvalue weighted by Gasteiger charge is 2.13. The zero-order valence-electron chi connectivity index (χ0n) is 4.59.